The van der Waals surface area contributed by atoms with Crippen molar-refractivity contribution in [2.24, 2.45) is 5.92 Å². The summed E-state index contributed by atoms with van der Waals surface area (Å²) in [4.78, 5) is 6.84. The van der Waals surface area contributed by atoms with E-state index in [1.807, 2.05) is 6.20 Å². The summed E-state index contributed by atoms with van der Waals surface area (Å²) in [5.41, 5.74) is 1.30. The molecule has 3 nitrogen and oxygen atoms in total. The second-order valence-corrected chi connectivity index (χ2v) is 5.17. The van der Waals surface area contributed by atoms with E-state index >= 15 is 0 Å². The van der Waals surface area contributed by atoms with Gasteiger partial charge in [-0.05, 0) is 31.7 Å². The molecule has 17 heavy (non-hydrogen) atoms. The standard InChI is InChI=1S/C14H23N3/c1-4-6-15-14-9-13(5-7-16-14)17-10-11(2)8-12(17)3/h5,7,9,11-12H,4,6,8,10H2,1-3H3,(H,15,16). The van der Waals surface area contributed by atoms with Gasteiger partial charge in [-0.25, -0.2) is 4.98 Å². The van der Waals surface area contributed by atoms with Crippen LogP contribution >= 0.6 is 0 Å². The monoisotopic (exact) mass is 233 g/mol. The summed E-state index contributed by atoms with van der Waals surface area (Å²) in [6.07, 6.45) is 4.33. The van der Waals surface area contributed by atoms with Gasteiger partial charge in [0.15, 0.2) is 0 Å². The van der Waals surface area contributed by atoms with E-state index in [1.54, 1.807) is 0 Å². The maximum absolute atomic E-state index is 4.35. The number of hydrogen-bond donors (Lipinski definition) is 1. The molecule has 3 heteroatoms. The Hall–Kier alpha value is -1.25. The fourth-order valence-corrected chi connectivity index (χ4v) is 2.61. The summed E-state index contributed by atoms with van der Waals surface area (Å²) in [6.45, 7) is 8.96. The van der Waals surface area contributed by atoms with Crippen LogP contribution in [0.5, 0.6) is 0 Å². The maximum Gasteiger partial charge on any atom is 0.127 e. The number of aromatic nitrogens is 1. The molecular formula is C14H23N3. The van der Waals surface area contributed by atoms with Gasteiger partial charge in [0.1, 0.15) is 5.82 Å². The highest BCUT2D eigenvalue weighted by Crippen LogP contribution is 2.29. The van der Waals surface area contributed by atoms with Crippen molar-refractivity contribution in [1.82, 2.24) is 4.98 Å². The van der Waals surface area contributed by atoms with Gasteiger partial charge in [-0.2, -0.15) is 0 Å². The molecule has 1 aliphatic rings. The Balaban J connectivity index is 2.10. The summed E-state index contributed by atoms with van der Waals surface area (Å²) in [5, 5.41) is 3.35. The number of pyridine rings is 1. The molecule has 1 aromatic heterocycles. The molecule has 1 saturated heterocycles. The van der Waals surface area contributed by atoms with Crippen LogP contribution in [0.4, 0.5) is 11.5 Å². The highest BCUT2D eigenvalue weighted by atomic mass is 15.2. The molecule has 2 atom stereocenters. The van der Waals surface area contributed by atoms with Gasteiger partial charge >= 0.3 is 0 Å². The smallest absolute Gasteiger partial charge is 0.127 e. The Kier molecular flexibility index (Phi) is 3.87. The van der Waals surface area contributed by atoms with Gasteiger partial charge in [-0.1, -0.05) is 13.8 Å². The van der Waals surface area contributed by atoms with Gasteiger partial charge in [0, 0.05) is 37.1 Å². The van der Waals surface area contributed by atoms with E-state index in [1.165, 1.54) is 18.7 Å². The van der Waals surface area contributed by atoms with Crippen LogP contribution in [0, 0.1) is 5.92 Å². The second-order valence-electron chi connectivity index (χ2n) is 5.17. The van der Waals surface area contributed by atoms with Gasteiger partial charge in [-0.3, -0.25) is 0 Å². The average Bonchev–Trinajstić information content (AvgIpc) is 2.66. The van der Waals surface area contributed by atoms with Crippen LogP contribution in [-0.2, 0) is 0 Å². The van der Waals surface area contributed by atoms with E-state index < -0.39 is 0 Å². The molecule has 0 radical (unpaired) electrons. The van der Waals surface area contributed by atoms with E-state index in [-0.39, 0.29) is 0 Å². The van der Waals surface area contributed by atoms with Crippen LogP contribution in [0.3, 0.4) is 0 Å². The van der Waals surface area contributed by atoms with Crippen LogP contribution < -0.4 is 10.2 Å². The number of rotatable bonds is 4. The highest BCUT2D eigenvalue weighted by molar-refractivity contribution is 5.55. The van der Waals surface area contributed by atoms with Crippen molar-refractivity contribution in [3.8, 4) is 0 Å². The summed E-state index contributed by atoms with van der Waals surface area (Å²) >= 11 is 0. The summed E-state index contributed by atoms with van der Waals surface area (Å²) in [7, 11) is 0. The fraction of sp³-hybridized carbons (Fsp3) is 0.643. The predicted octanol–water partition coefficient (Wildman–Crippen LogP) is 3.14. The van der Waals surface area contributed by atoms with Gasteiger partial charge in [0.05, 0.1) is 0 Å². The number of nitrogens with one attached hydrogen (secondary N) is 1. The van der Waals surface area contributed by atoms with Crippen LogP contribution in [0.1, 0.15) is 33.6 Å². The van der Waals surface area contributed by atoms with Crippen molar-refractivity contribution in [2.75, 3.05) is 23.3 Å². The Morgan fingerprint density at radius 1 is 1.47 bits per heavy atom. The molecular weight excluding hydrogens is 210 g/mol. The number of nitrogens with zero attached hydrogens (tertiary/aromatic N) is 2. The highest BCUT2D eigenvalue weighted by Gasteiger charge is 2.26. The third-order valence-electron chi connectivity index (χ3n) is 3.42. The van der Waals surface area contributed by atoms with Crippen molar-refractivity contribution in [3.05, 3.63) is 18.3 Å². The number of anilines is 2. The van der Waals surface area contributed by atoms with E-state index in [4.69, 9.17) is 0 Å². The maximum atomic E-state index is 4.35. The third kappa shape index (κ3) is 2.90. The zero-order valence-corrected chi connectivity index (χ0v) is 11.1. The van der Waals surface area contributed by atoms with Crippen molar-refractivity contribution < 1.29 is 0 Å². The van der Waals surface area contributed by atoms with Gasteiger partial charge in [0.2, 0.25) is 0 Å². The molecule has 0 saturated carbocycles. The molecule has 0 amide bonds. The molecule has 0 aromatic carbocycles. The van der Waals surface area contributed by atoms with Gasteiger partial charge in [0.25, 0.3) is 0 Å². The van der Waals surface area contributed by atoms with Crippen molar-refractivity contribution in [2.45, 2.75) is 39.7 Å². The summed E-state index contributed by atoms with van der Waals surface area (Å²) in [6, 6.07) is 4.93. The lowest BCUT2D eigenvalue weighted by Crippen LogP contribution is -2.26. The Morgan fingerprint density at radius 2 is 2.29 bits per heavy atom. The molecule has 1 aliphatic heterocycles. The van der Waals surface area contributed by atoms with Gasteiger partial charge < -0.3 is 10.2 Å². The molecule has 1 fully saturated rings. The first-order valence-corrected chi connectivity index (χ1v) is 6.67. The van der Waals surface area contributed by atoms with E-state index in [9.17, 15) is 0 Å². The lowest BCUT2D eigenvalue weighted by Gasteiger charge is -2.24. The van der Waals surface area contributed by atoms with Crippen LogP contribution in [-0.4, -0.2) is 24.1 Å². The minimum atomic E-state index is 0.645. The van der Waals surface area contributed by atoms with Crippen LogP contribution in [0.15, 0.2) is 18.3 Å². The average molecular weight is 233 g/mol. The second kappa shape index (κ2) is 5.39. The topological polar surface area (TPSA) is 28.2 Å². The molecule has 0 aliphatic carbocycles. The molecule has 2 heterocycles. The predicted molar refractivity (Wildman–Crippen MR) is 73.6 cm³/mol. The Morgan fingerprint density at radius 3 is 2.94 bits per heavy atom. The molecule has 0 spiro atoms. The summed E-state index contributed by atoms with van der Waals surface area (Å²) < 4.78 is 0. The normalized spacial score (nSPS) is 24.1. The van der Waals surface area contributed by atoms with Gasteiger partial charge in [-0.15, -0.1) is 0 Å². The molecule has 94 valence electrons. The Labute approximate surface area is 104 Å². The first-order chi connectivity index (χ1) is 8.20. The van der Waals surface area contributed by atoms with Crippen LogP contribution in [0.25, 0.3) is 0 Å². The lowest BCUT2D eigenvalue weighted by molar-refractivity contribution is 0.625. The van der Waals surface area contributed by atoms with E-state index in [2.05, 4.69) is 48.1 Å². The first-order valence-electron chi connectivity index (χ1n) is 6.67. The van der Waals surface area contributed by atoms with Crippen molar-refractivity contribution >= 4 is 11.5 Å². The zero-order valence-electron chi connectivity index (χ0n) is 11.1. The minimum absolute atomic E-state index is 0.645. The molecule has 2 unspecified atom stereocenters. The van der Waals surface area contributed by atoms with Crippen LogP contribution in [0.2, 0.25) is 0 Å². The van der Waals surface area contributed by atoms with Crippen molar-refractivity contribution in [3.63, 3.8) is 0 Å². The molecule has 2 rings (SSSR count). The number of hydrogen-bond acceptors (Lipinski definition) is 3. The molecule has 1 N–H and O–H groups in total. The molecule has 1 aromatic rings. The zero-order chi connectivity index (χ0) is 12.3. The quantitative estimate of drug-likeness (QED) is 0.866. The molecule has 0 bridgehead atoms. The van der Waals surface area contributed by atoms with Crippen molar-refractivity contribution in [1.29, 1.82) is 0 Å². The van der Waals surface area contributed by atoms with E-state index in [0.717, 1.165) is 24.7 Å². The fourth-order valence-electron chi connectivity index (χ4n) is 2.61. The third-order valence-corrected chi connectivity index (χ3v) is 3.42. The summed E-state index contributed by atoms with van der Waals surface area (Å²) in [5.74, 6) is 1.79. The largest absolute Gasteiger partial charge is 0.370 e. The first kappa shape index (κ1) is 12.2. The SMILES string of the molecule is CCCNc1cc(N2CC(C)CC2C)ccn1. The van der Waals surface area contributed by atoms with E-state index in [0.29, 0.717) is 6.04 Å². The minimum Gasteiger partial charge on any atom is -0.370 e. The Bertz CT molecular complexity index is 364. The lowest BCUT2D eigenvalue weighted by atomic mass is 10.1.